The molecule has 0 unspecified atom stereocenters. The zero-order valence-corrected chi connectivity index (χ0v) is 15.3. The van der Waals surface area contributed by atoms with Crippen molar-refractivity contribution in [3.05, 3.63) is 58.1 Å². The molecule has 0 atom stereocenters. The summed E-state index contributed by atoms with van der Waals surface area (Å²) in [4.78, 5) is 24.0. The van der Waals surface area contributed by atoms with E-state index in [9.17, 15) is 14.7 Å². The predicted molar refractivity (Wildman–Crippen MR) is 98.6 cm³/mol. The fourth-order valence-electron chi connectivity index (χ4n) is 2.15. The predicted octanol–water partition coefficient (Wildman–Crippen LogP) is 2.71. The van der Waals surface area contributed by atoms with Crippen molar-refractivity contribution in [3.8, 4) is 5.75 Å². The molecule has 132 valence electrons. The lowest BCUT2D eigenvalue weighted by Gasteiger charge is -2.11. The first-order chi connectivity index (χ1) is 12.0. The second-order valence-corrected chi connectivity index (χ2v) is 6.07. The Balaban J connectivity index is 1.91. The number of anilines is 1. The molecular formula is C18H19BrN2O4. The lowest BCUT2D eigenvalue weighted by Crippen LogP contribution is -2.32. The van der Waals surface area contributed by atoms with Gasteiger partial charge in [-0.2, -0.15) is 0 Å². The summed E-state index contributed by atoms with van der Waals surface area (Å²) in [7, 11) is 0. The van der Waals surface area contributed by atoms with Crippen molar-refractivity contribution in [2.75, 3.05) is 18.5 Å². The van der Waals surface area contributed by atoms with E-state index in [4.69, 9.17) is 4.74 Å². The van der Waals surface area contributed by atoms with Gasteiger partial charge in [0.1, 0.15) is 5.75 Å². The minimum absolute atomic E-state index is 0.156. The Labute approximate surface area is 154 Å². The molecule has 0 saturated heterocycles. The fraction of sp³-hybridized carbons (Fsp3) is 0.222. The van der Waals surface area contributed by atoms with Gasteiger partial charge in [0.25, 0.3) is 5.91 Å². The second kappa shape index (κ2) is 9.19. The summed E-state index contributed by atoms with van der Waals surface area (Å²) in [6.45, 7) is 1.99. The first-order valence-electron chi connectivity index (χ1n) is 7.73. The minimum atomic E-state index is -0.362. The van der Waals surface area contributed by atoms with Crippen LogP contribution in [0.2, 0.25) is 0 Å². The molecule has 3 N–H and O–H groups in total. The van der Waals surface area contributed by atoms with Gasteiger partial charge < -0.3 is 20.5 Å². The summed E-state index contributed by atoms with van der Waals surface area (Å²) in [6.07, 6.45) is 0. The molecular weight excluding hydrogens is 388 g/mol. The van der Waals surface area contributed by atoms with Crippen LogP contribution in [0.25, 0.3) is 0 Å². The maximum atomic E-state index is 12.0. The van der Waals surface area contributed by atoms with E-state index in [-0.39, 0.29) is 25.0 Å². The quantitative estimate of drug-likeness (QED) is 0.659. The van der Waals surface area contributed by atoms with Gasteiger partial charge >= 0.3 is 0 Å². The van der Waals surface area contributed by atoms with Crippen LogP contribution in [0.15, 0.2) is 46.9 Å². The highest BCUT2D eigenvalue weighted by molar-refractivity contribution is 9.10. The van der Waals surface area contributed by atoms with Crippen molar-refractivity contribution in [1.29, 1.82) is 0 Å². The highest BCUT2D eigenvalue weighted by atomic mass is 79.9. The highest BCUT2D eigenvalue weighted by Crippen LogP contribution is 2.23. The number of amides is 2. The molecule has 7 heteroatoms. The Morgan fingerprint density at radius 3 is 2.52 bits per heavy atom. The van der Waals surface area contributed by atoms with Crippen LogP contribution in [0, 0.1) is 0 Å². The third-order valence-electron chi connectivity index (χ3n) is 3.33. The molecule has 2 aromatic carbocycles. The fourth-order valence-corrected chi connectivity index (χ4v) is 2.41. The molecule has 6 nitrogen and oxygen atoms in total. The monoisotopic (exact) mass is 406 g/mol. The van der Waals surface area contributed by atoms with Crippen LogP contribution in [0.5, 0.6) is 5.75 Å². The molecule has 0 aliphatic rings. The van der Waals surface area contributed by atoms with Crippen LogP contribution in [-0.4, -0.2) is 30.1 Å². The normalized spacial score (nSPS) is 10.2. The van der Waals surface area contributed by atoms with Gasteiger partial charge in [-0.25, -0.2) is 0 Å². The van der Waals surface area contributed by atoms with Crippen LogP contribution in [0.4, 0.5) is 5.69 Å². The average Bonchev–Trinajstić information content (AvgIpc) is 2.61. The SMILES string of the molecule is CCOc1ccc(NC(=O)CNC(=O)c2ccc(Br)cc2)cc1CO. The van der Waals surface area contributed by atoms with Gasteiger partial charge in [0.15, 0.2) is 0 Å². The maximum Gasteiger partial charge on any atom is 0.251 e. The minimum Gasteiger partial charge on any atom is -0.494 e. The number of carbonyl (C=O) groups is 2. The van der Waals surface area contributed by atoms with Crippen molar-refractivity contribution >= 4 is 33.4 Å². The maximum absolute atomic E-state index is 12.0. The molecule has 0 fully saturated rings. The van der Waals surface area contributed by atoms with E-state index in [0.29, 0.717) is 29.2 Å². The smallest absolute Gasteiger partial charge is 0.251 e. The Morgan fingerprint density at radius 1 is 1.16 bits per heavy atom. The van der Waals surface area contributed by atoms with E-state index in [0.717, 1.165) is 4.47 Å². The summed E-state index contributed by atoms with van der Waals surface area (Å²) in [5, 5.41) is 14.6. The molecule has 2 aromatic rings. The number of halogens is 1. The van der Waals surface area contributed by atoms with Gasteiger partial charge in [-0.3, -0.25) is 9.59 Å². The Kier molecular flexibility index (Phi) is 6.97. The molecule has 0 saturated carbocycles. The van der Waals surface area contributed by atoms with Gasteiger partial charge in [-0.1, -0.05) is 15.9 Å². The van der Waals surface area contributed by atoms with Crippen LogP contribution in [0.3, 0.4) is 0 Å². The van der Waals surface area contributed by atoms with E-state index in [2.05, 4.69) is 26.6 Å². The topological polar surface area (TPSA) is 87.7 Å². The van der Waals surface area contributed by atoms with E-state index in [1.54, 1.807) is 42.5 Å². The zero-order chi connectivity index (χ0) is 18.2. The standard InChI is InChI=1S/C18H19BrN2O4/c1-2-25-16-8-7-15(9-13(16)11-22)21-17(23)10-20-18(24)12-3-5-14(19)6-4-12/h3-9,22H,2,10-11H2,1H3,(H,20,24)(H,21,23). The number of carbonyl (C=O) groups excluding carboxylic acids is 2. The molecule has 0 bridgehead atoms. The van der Waals surface area contributed by atoms with E-state index < -0.39 is 0 Å². The number of nitrogens with one attached hydrogen (secondary N) is 2. The lowest BCUT2D eigenvalue weighted by atomic mass is 10.2. The molecule has 0 aliphatic heterocycles. The van der Waals surface area contributed by atoms with Gasteiger partial charge in [0.2, 0.25) is 5.91 Å². The molecule has 25 heavy (non-hydrogen) atoms. The number of aliphatic hydroxyl groups is 1. The van der Waals surface area contributed by atoms with Crippen LogP contribution in [-0.2, 0) is 11.4 Å². The number of hydrogen-bond donors (Lipinski definition) is 3. The van der Waals surface area contributed by atoms with Crippen molar-refractivity contribution in [1.82, 2.24) is 5.32 Å². The van der Waals surface area contributed by atoms with E-state index in [1.165, 1.54) is 0 Å². The number of rotatable bonds is 7. The van der Waals surface area contributed by atoms with E-state index in [1.807, 2.05) is 6.92 Å². The van der Waals surface area contributed by atoms with Gasteiger partial charge in [-0.15, -0.1) is 0 Å². The number of benzene rings is 2. The van der Waals surface area contributed by atoms with Crippen molar-refractivity contribution in [2.24, 2.45) is 0 Å². The number of ether oxygens (including phenoxy) is 1. The first-order valence-corrected chi connectivity index (χ1v) is 8.53. The second-order valence-electron chi connectivity index (χ2n) is 5.15. The zero-order valence-electron chi connectivity index (χ0n) is 13.7. The Bertz CT molecular complexity index is 747. The Hall–Kier alpha value is -2.38. The summed E-state index contributed by atoms with van der Waals surface area (Å²) in [5.41, 5.74) is 1.58. The number of aliphatic hydroxyl groups excluding tert-OH is 1. The first kappa shape index (κ1) is 19.0. The van der Waals surface area contributed by atoms with Crippen molar-refractivity contribution < 1.29 is 19.4 Å². The lowest BCUT2D eigenvalue weighted by molar-refractivity contribution is -0.115. The van der Waals surface area contributed by atoms with Crippen LogP contribution < -0.4 is 15.4 Å². The summed E-state index contributed by atoms with van der Waals surface area (Å²) < 4.78 is 6.26. The summed E-state index contributed by atoms with van der Waals surface area (Å²) >= 11 is 3.30. The molecule has 0 radical (unpaired) electrons. The van der Waals surface area contributed by atoms with Gasteiger partial charge in [0.05, 0.1) is 19.8 Å². The molecule has 0 aromatic heterocycles. The molecule has 0 aliphatic carbocycles. The van der Waals surface area contributed by atoms with Gasteiger partial charge in [-0.05, 0) is 49.4 Å². The van der Waals surface area contributed by atoms with Crippen molar-refractivity contribution in [3.63, 3.8) is 0 Å². The summed E-state index contributed by atoms with van der Waals surface area (Å²) in [6, 6.07) is 11.8. The highest BCUT2D eigenvalue weighted by Gasteiger charge is 2.10. The number of hydrogen-bond acceptors (Lipinski definition) is 4. The largest absolute Gasteiger partial charge is 0.494 e. The molecule has 0 spiro atoms. The molecule has 2 amide bonds. The van der Waals surface area contributed by atoms with Crippen LogP contribution >= 0.6 is 15.9 Å². The Morgan fingerprint density at radius 2 is 1.88 bits per heavy atom. The van der Waals surface area contributed by atoms with Crippen molar-refractivity contribution in [2.45, 2.75) is 13.5 Å². The molecule has 0 heterocycles. The van der Waals surface area contributed by atoms with Gasteiger partial charge in [0, 0.05) is 21.3 Å². The third kappa shape index (κ3) is 5.58. The summed E-state index contributed by atoms with van der Waals surface area (Å²) in [5.74, 6) is -0.115. The molecule has 2 rings (SSSR count). The average molecular weight is 407 g/mol. The van der Waals surface area contributed by atoms with Crippen LogP contribution in [0.1, 0.15) is 22.8 Å². The third-order valence-corrected chi connectivity index (χ3v) is 3.86. The van der Waals surface area contributed by atoms with E-state index >= 15 is 0 Å².